The van der Waals surface area contributed by atoms with Gasteiger partial charge in [0, 0.05) is 55.6 Å². The van der Waals surface area contributed by atoms with Gasteiger partial charge in [0.1, 0.15) is 0 Å². The first-order chi connectivity index (χ1) is 14.3. The number of hydrogen-bond acceptors (Lipinski definition) is 5. The largest absolute Gasteiger partial charge is 0.370 e. The molecular weight excluding hydrogens is 376 g/mol. The SMILES string of the molecule is CN(C[C@H]1Cc2c(cccc2N2CCSCC2)CN1)[C@H]1CCCc2cccnc21. The highest BCUT2D eigenvalue weighted by Gasteiger charge is 2.29. The Bertz CT molecular complexity index is 849. The van der Waals surface area contributed by atoms with Crippen LogP contribution in [0.5, 0.6) is 0 Å². The number of benzene rings is 1. The van der Waals surface area contributed by atoms with Gasteiger partial charge in [0.15, 0.2) is 0 Å². The van der Waals surface area contributed by atoms with E-state index in [2.05, 4.69) is 64.3 Å². The van der Waals surface area contributed by atoms with Gasteiger partial charge in [-0.05, 0) is 61.6 Å². The van der Waals surface area contributed by atoms with Gasteiger partial charge in [-0.2, -0.15) is 11.8 Å². The van der Waals surface area contributed by atoms with E-state index in [0.29, 0.717) is 12.1 Å². The highest BCUT2D eigenvalue weighted by molar-refractivity contribution is 7.99. The summed E-state index contributed by atoms with van der Waals surface area (Å²) >= 11 is 2.08. The molecule has 2 aromatic rings. The number of nitrogens with one attached hydrogen (secondary N) is 1. The molecule has 1 aromatic heterocycles. The number of hydrogen-bond donors (Lipinski definition) is 1. The maximum absolute atomic E-state index is 4.76. The topological polar surface area (TPSA) is 31.4 Å². The summed E-state index contributed by atoms with van der Waals surface area (Å²) in [7, 11) is 2.29. The van der Waals surface area contributed by atoms with Crippen molar-refractivity contribution >= 4 is 17.4 Å². The lowest BCUT2D eigenvalue weighted by Gasteiger charge is -2.38. The predicted octanol–water partition coefficient (Wildman–Crippen LogP) is 3.66. The van der Waals surface area contributed by atoms with Crippen LogP contribution >= 0.6 is 11.8 Å². The number of rotatable bonds is 4. The number of anilines is 1. The predicted molar refractivity (Wildman–Crippen MR) is 123 cm³/mol. The van der Waals surface area contributed by atoms with E-state index >= 15 is 0 Å². The molecule has 0 amide bonds. The third kappa shape index (κ3) is 4.05. The van der Waals surface area contributed by atoms with Crippen LogP contribution in [0.15, 0.2) is 36.5 Å². The highest BCUT2D eigenvalue weighted by Crippen LogP contribution is 2.33. The van der Waals surface area contributed by atoms with Crippen LogP contribution in [0.3, 0.4) is 0 Å². The van der Waals surface area contributed by atoms with Crippen molar-refractivity contribution in [3.63, 3.8) is 0 Å². The minimum absolute atomic E-state index is 0.456. The normalized spacial score (nSPS) is 24.3. The molecule has 154 valence electrons. The molecule has 1 aromatic carbocycles. The Balaban J connectivity index is 1.31. The molecule has 0 unspecified atom stereocenters. The van der Waals surface area contributed by atoms with Crippen molar-refractivity contribution in [3.05, 3.63) is 58.9 Å². The van der Waals surface area contributed by atoms with E-state index in [1.54, 1.807) is 5.56 Å². The summed E-state index contributed by atoms with van der Waals surface area (Å²) in [6.07, 6.45) is 6.76. The lowest BCUT2D eigenvalue weighted by Crippen LogP contribution is -2.45. The van der Waals surface area contributed by atoms with Crippen molar-refractivity contribution in [2.75, 3.05) is 43.1 Å². The Kier molecular flexibility index (Phi) is 5.80. The van der Waals surface area contributed by atoms with E-state index in [0.717, 1.165) is 19.5 Å². The number of fused-ring (bicyclic) bond motifs is 2. The van der Waals surface area contributed by atoms with Crippen molar-refractivity contribution in [1.29, 1.82) is 0 Å². The number of likely N-dealkylation sites (N-methyl/N-ethyl adjacent to an activating group) is 1. The fraction of sp³-hybridized carbons (Fsp3) is 0.542. The van der Waals surface area contributed by atoms with Gasteiger partial charge in [0.2, 0.25) is 0 Å². The molecule has 2 aliphatic heterocycles. The Hall–Kier alpha value is -1.56. The number of aromatic nitrogens is 1. The van der Waals surface area contributed by atoms with Crippen molar-refractivity contribution in [2.24, 2.45) is 0 Å². The van der Waals surface area contributed by atoms with Gasteiger partial charge in [0.25, 0.3) is 0 Å². The van der Waals surface area contributed by atoms with E-state index in [9.17, 15) is 0 Å². The quantitative estimate of drug-likeness (QED) is 0.835. The van der Waals surface area contributed by atoms with Crippen LogP contribution in [0, 0.1) is 0 Å². The molecule has 0 saturated carbocycles. The fourth-order valence-electron chi connectivity index (χ4n) is 5.31. The number of nitrogens with zero attached hydrogens (tertiary/aromatic N) is 3. The summed E-state index contributed by atoms with van der Waals surface area (Å²) in [6, 6.07) is 12.2. The smallest absolute Gasteiger partial charge is 0.0607 e. The second-order valence-electron chi connectivity index (χ2n) is 8.69. The maximum Gasteiger partial charge on any atom is 0.0607 e. The third-order valence-corrected chi connectivity index (χ3v) is 7.78. The lowest BCUT2D eigenvalue weighted by atomic mass is 9.89. The molecule has 0 bridgehead atoms. The molecule has 0 spiro atoms. The van der Waals surface area contributed by atoms with Gasteiger partial charge in [-0.15, -0.1) is 0 Å². The van der Waals surface area contributed by atoms with Gasteiger partial charge < -0.3 is 10.2 Å². The summed E-state index contributed by atoms with van der Waals surface area (Å²) in [6.45, 7) is 4.43. The van der Waals surface area contributed by atoms with Crippen molar-refractivity contribution in [2.45, 2.75) is 44.3 Å². The molecule has 3 heterocycles. The highest BCUT2D eigenvalue weighted by atomic mass is 32.2. The maximum atomic E-state index is 4.76. The van der Waals surface area contributed by atoms with Gasteiger partial charge in [-0.1, -0.05) is 18.2 Å². The molecule has 1 saturated heterocycles. The zero-order chi connectivity index (χ0) is 19.6. The molecule has 1 N–H and O–H groups in total. The molecule has 1 fully saturated rings. The first-order valence-corrected chi connectivity index (χ1v) is 12.3. The standard InChI is InChI=1S/C24H32N4S/c1-27(23-9-2-5-18-7-4-10-25-24(18)23)17-20-15-21-19(16-26-20)6-3-8-22(21)28-11-13-29-14-12-28/h3-4,6-8,10,20,23,26H,2,5,9,11-17H2,1H3/t20-,23+/m1/s1. The molecule has 5 rings (SSSR count). The Labute approximate surface area is 179 Å². The van der Waals surface area contributed by atoms with Crippen molar-refractivity contribution in [3.8, 4) is 0 Å². The van der Waals surface area contributed by atoms with E-state index in [1.807, 2.05) is 6.20 Å². The molecule has 4 nitrogen and oxygen atoms in total. The monoisotopic (exact) mass is 408 g/mol. The lowest BCUT2D eigenvalue weighted by molar-refractivity contribution is 0.191. The average Bonchev–Trinajstić information content (AvgIpc) is 2.79. The zero-order valence-corrected chi connectivity index (χ0v) is 18.3. The van der Waals surface area contributed by atoms with E-state index in [-0.39, 0.29) is 0 Å². The van der Waals surface area contributed by atoms with Gasteiger partial charge in [0.05, 0.1) is 11.7 Å². The Morgan fingerprint density at radius 3 is 2.93 bits per heavy atom. The molecule has 5 heteroatoms. The van der Waals surface area contributed by atoms with Crippen LogP contribution in [0.2, 0.25) is 0 Å². The summed E-state index contributed by atoms with van der Waals surface area (Å²) in [5, 5.41) is 3.81. The summed E-state index contributed by atoms with van der Waals surface area (Å²) in [5.41, 5.74) is 7.32. The minimum atomic E-state index is 0.456. The van der Waals surface area contributed by atoms with Crippen molar-refractivity contribution in [1.82, 2.24) is 15.2 Å². The third-order valence-electron chi connectivity index (χ3n) is 6.84. The van der Waals surface area contributed by atoms with Crippen LogP contribution in [0.25, 0.3) is 0 Å². The number of pyridine rings is 1. The van der Waals surface area contributed by atoms with Crippen LogP contribution in [0.1, 0.15) is 41.3 Å². The molecule has 29 heavy (non-hydrogen) atoms. The fourth-order valence-corrected chi connectivity index (χ4v) is 6.22. The van der Waals surface area contributed by atoms with E-state index in [1.165, 1.54) is 66.4 Å². The van der Waals surface area contributed by atoms with E-state index < -0.39 is 0 Å². The first kappa shape index (κ1) is 19.4. The number of aryl methyl sites for hydroxylation is 1. The van der Waals surface area contributed by atoms with Crippen LogP contribution < -0.4 is 10.2 Å². The van der Waals surface area contributed by atoms with Crippen LogP contribution in [-0.2, 0) is 19.4 Å². The van der Waals surface area contributed by atoms with Crippen molar-refractivity contribution < 1.29 is 0 Å². The summed E-state index contributed by atoms with van der Waals surface area (Å²) < 4.78 is 0. The zero-order valence-electron chi connectivity index (χ0n) is 17.4. The summed E-state index contributed by atoms with van der Waals surface area (Å²) in [4.78, 5) is 9.92. The van der Waals surface area contributed by atoms with E-state index in [4.69, 9.17) is 4.98 Å². The Morgan fingerprint density at radius 1 is 1.17 bits per heavy atom. The second-order valence-corrected chi connectivity index (χ2v) is 9.92. The molecule has 3 aliphatic rings. The molecular formula is C24H32N4S. The molecule has 0 radical (unpaired) electrons. The average molecular weight is 409 g/mol. The van der Waals surface area contributed by atoms with Crippen LogP contribution in [0.4, 0.5) is 5.69 Å². The molecule has 1 aliphatic carbocycles. The minimum Gasteiger partial charge on any atom is -0.370 e. The van der Waals surface area contributed by atoms with Gasteiger partial charge in [-0.3, -0.25) is 9.88 Å². The van der Waals surface area contributed by atoms with Crippen LogP contribution in [-0.4, -0.2) is 54.1 Å². The molecule has 2 atom stereocenters. The second kappa shape index (κ2) is 8.66. The van der Waals surface area contributed by atoms with Gasteiger partial charge in [-0.25, -0.2) is 0 Å². The Morgan fingerprint density at radius 2 is 2.03 bits per heavy atom. The number of thioether (sulfide) groups is 1. The van der Waals surface area contributed by atoms with Gasteiger partial charge >= 0.3 is 0 Å². The first-order valence-electron chi connectivity index (χ1n) is 11.1. The summed E-state index contributed by atoms with van der Waals surface area (Å²) in [5.74, 6) is 2.50.